The molecule has 1 N–H and O–H groups in total. The van der Waals surface area contributed by atoms with Crippen LogP contribution < -0.4 is 10.2 Å². The molecule has 2 unspecified atom stereocenters. The van der Waals surface area contributed by atoms with Crippen LogP contribution in [0.2, 0.25) is 0 Å². The van der Waals surface area contributed by atoms with Crippen LogP contribution in [0.4, 0.5) is 17.1 Å². The summed E-state index contributed by atoms with van der Waals surface area (Å²) < 4.78 is 5.86. The first-order valence-electron chi connectivity index (χ1n) is 9.24. The molecule has 1 fully saturated rings. The Bertz CT molecular complexity index is 945. The highest BCUT2D eigenvalue weighted by Gasteiger charge is 2.22. The highest BCUT2D eigenvalue weighted by Crippen LogP contribution is 2.30. The number of aldehydes is 1. The van der Waals surface area contributed by atoms with Gasteiger partial charge in [-0.15, -0.1) is 0 Å². The number of hydrogen-bond donors (Lipinski definition) is 1. The molecule has 0 saturated carbocycles. The van der Waals surface area contributed by atoms with Crippen molar-refractivity contribution in [2.75, 3.05) is 23.3 Å². The van der Waals surface area contributed by atoms with Crippen molar-refractivity contribution in [1.29, 1.82) is 0 Å². The number of anilines is 3. The van der Waals surface area contributed by atoms with E-state index in [4.69, 9.17) is 4.74 Å². The van der Waals surface area contributed by atoms with Crippen LogP contribution in [0.25, 0.3) is 10.9 Å². The summed E-state index contributed by atoms with van der Waals surface area (Å²) in [5, 5.41) is 4.52. The summed E-state index contributed by atoms with van der Waals surface area (Å²) in [6.07, 6.45) is 3.09. The van der Waals surface area contributed by atoms with E-state index in [0.717, 1.165) is 41.7 Å². The molecular formula is C22H23N3O2. The number of ether oxygens (including phenoxy) is 1. The third-order valence-corrected chi connectivity index (χ3v) is 4.84. The minimum absolute atomic E-state index is 0.215. The molecule has 5 heteroatoms. The molecule has 1 aliphatic heterocycles. The van der Waals surface area contributed by atoms with Crippen LogP contribution in [0.1, 0.15) is 24.2 Å². The molecule has 2 aromatic carbocycles. The SMILES string of the molecule is CC1CN(c2ccc3nccc(Nc4ccc(C=O)cc4)c3c2)CC(C)O1. The lowest BCUT2D eigenvalue weighted by molar-refractivity contribution is -0.00521. The Morgan fingerprint density at radius 3 is 2.52 bits per heavy atom. The quantitative estimate of drug-likeness (QED) is 0.698. The predicted octanol–water partition coefficient (Wildman–Crippen LogP) is 4.40. The third-order valence-electron chi connectivity index (χ3n) is 4.84. The second kappa shape index (κ2) is 7.37. The fourth-order valence-corrected chi connectivity index (χ4v) is 3.63. The topological polar surface area (TPSA) is 54.5 Å². The molecule has 1 aliphatic rings. The Morgan fingerprint density at radius 1 is 1.07 bits per heavy atom. The van der Waals surface area contributed by atoms with E-state index in [-0.39, 0.29) is 12.2 Å². The van der Waals surface area contributed by atoms with E-state index in [1.165, 1.54) is 5.69 Å². The number of rotatable bonds is 4. The molecule has 2 heterocycles. The van der Waals surface area contributed by atoms with Gasteiger partial charge in [-0.1, -0.05) is 0 Å². The number of morpholine rings is 1. The minimum Gasteiger partial charge on any atom is -0.372 e. The lowest BCUT2D eigenvalue weighted by atomic mass is 10.1. The number of nitrogens with zero attached hydrogens (tertiary/aromatic N) is 2. The van der Waals surface area contributed by atoms with Gasteiger partial charge in [-0.2, -0.15) is 0 Å². The summed E-state index contributed by atoms with van der Waals surface area (Å²) in [5.41, 5.74) is 4.72. The molecule has 1 saturated heterocycles. The van der Waals surface area contributed by atoms with Crippen molar-refractivity contribution in [3.63, 3.8) is 0 Å². The van der Waals surface area contributed by atoms with Crippen LogP contribution in [-0.2, 0) is 4.74 Å². The van der Waals surface area contributed by atoms with Gasteiger partial charge in [-0.05, 0) is 62.4 Å². The van der Waals surface area contributed by atoms with Gasteiger partial charge in [-0.3, -0.25) is 9.78 Å². The van der Waals surface area contributed by atoms with E-state index in [2.05, 4.69) is 47.2 Å². The first-order valence-corrected chi connectivity index (χ1v) is 9.24. The molecule has 0 radical (unpaired) electrons. The monoisotopic (exact) mass is 361 g/mol. The summed E-state index contributed by atoms with van der Waals surface area (Å²) in [5.74, 6) is 0. The lowest BCUT2D eigenvalue weighted by Crippen LogP contribution is -2.45. The normalized spacial score (nSPS) is 19.9. The number of nitrogens with one attached hydrogen (secondary N) is 1. The molecule has 5 nitrogen and oxygen atoms in total. The van der Waals surface area contributed by atoms with Crippen molar-refractivity contribution in [3.05, 3.63) is 60.3 Å². The highest BCUT2D eigenvalue weighted by atomic mass is 16.5. The van der Waals surface area contributed by atoms with Gasteiger partial charge in [0.15, 0.2) is 0 Å². The van der Waals surface area contributed by atoms with Crippen molar-refractivity contribution in [3.8, 4) is 0 Å². The lowest BCUT2D eigenvalue weighted by Gasteiger charge is -2.37. The maximum Gasteiger partial charge on any atom is 0.150 e. The van der Waals surface area contributed by atoms with Gasteiger partial charge in [-0.25, -0.2) is 0 Å². The fraction of sp³-hybridized carbons (Fsp3) is 0.273. The molecule has 0 aliphatic carbocycles. The third kappa shape index (κ3) is 3.78. The summed E-state index contributed by atoms with van der Waals surface area (Å²) in [6.45, 7) is 5.99. The maximum atomic E-state index is 10.8. The zero-order valence-electron chi connectivity index (χ0n) is 15.6. The average Bonchev–Trinajstić information content (AvgIpc) is 2.68. The smallest absolute Gasteiger partial charge is 0.150 e. The van der Waals surface area contributed by atoms with Crippen LogP contribution in [-0.4, -0.2) is 36.6 Å². The number of carbonyl (C=O) groups excluding carboxylic acids is 1. The molecule has 4 rings (SSSR count). The summed E-state index contributed by atoms with van der Waals surface area (Å²) in [4.78, 5) is 17.7. The molecular weight excluding hydrogens is 338 g/mol. The largest absolute Gasteiger partial charge is 0.372 e. The Labute approximate surface area is 159 Å². The first-order chi connectivity index (χ1) is 13.1. The predicted molar refractivity (Wildman–Crippen MR) is 109 cm³/mol. The van der Waals surface area contributed by atoms with E-state index >= 15 is 0 Å². The number of benzene rings is 2. The molecule has 3 aromatic rings. The van der Waals surface area contributed by atoms with Crippen LogP contribution in [0.15, 0.2) is 54.7 Å². The Morgan fingerprint density at radius 2 is 1.81 bits per heavy atom. The second-order valence-corrected chi connectivity index (χ2v) is 7.09. The summed E-state index contributed by atoms with van der Waals surface area (Å²) in [7, 11) is 0. The number of aromatic nitrogens is 1. The number of hydrogen-bond acceptors (Lipinski definition) is 5. The van der Waals surface area contributed by atoms with E-state index in [0.29, 0.717) is 5.56 Å². The van der Waals surface area contributed by atoms with Crippen molar-refractivity contribution in [2.45, 2.75) is 26.1 Å². The van der Waals surface area contributed by atoms with Gasteiger partial charge in [0.2, 0.25) is 0 Å². The highest BCUT2D eigenvalue weighted by molar-refractivity contribution is 5.95. The summed E-state index contributed by atoms with van der Waals surface area (Å²) >= 11 is 0. The van der Waals surface area contributed by atoms with Crippen molar-refractivity contribution < 1.29 is 9.53 Å². The second-order valence-electron chi connectivity index (χ2n) is 7.09. The van der Waals surface area contributed by atoms with Crippen LogP contribution in [0.5, 0.6) is 0 Å². The first kappa shape index (κ1) is 17.5. The number of fused-ring (bicyclic) bond motifs is 1. The van der Waals surface area contributed by atoms with Crippen LogP contribution >= 0.6 is 0 Å². The number of pyridine rings is 1. The van der Waals surface area contributed by atoms with Crippen molar-refractivity contribution in [1.82, 2.24) is 4.98 Å². The molecule has 27 heavy (non-hydrogen) atoms. The van der Waals surface area contributed by atoms with E-state index in [9.17, 15) is 4.79 Å². The van der Waals surface area contributed by atoms with E-state index in [1.807, 2.05) is 24.4 Å². The van der Waals surface area contributed by atoms with Gasteiger partial charge in [0, 0.05) is 47.3 Å². The van der Waals surface area contributed by atoms with Gasteiger partial charge in [0.25, 0.3) is 0 Å². The molecule has 0 bridgehead atoms. The minimum atomic E-state index is 0.215. The molecule has 2 atom stereocenters. The van der Waals surface area contributed by atoms with Crippen LogP contribution in [0.3, 0.4) is 0 Å². The molecule has 0 spiro atoms. The van der Waals surface area contributed by atoms with Gasteiger partial charge >= 0.3 is 0 Å². The molecule has 0 amide bonds. The van der Waals surface area contributed by atoms with Gasteiger partial charge < -0.3 is 15.0 Å². The zero-order valence-corrected chi connectivity index (χ0v) is 15.6. The van der Waals surface area contributed by atoms with Crippen molar-refractivity contribution >= 4 is 34.3 Å². The van der Waals surface area contributed by atoms with E-state index < -0.39 is 0 Å². The molecule has 138 valence electrons. The van der Waals surface area contributed by atoms with Gasteiger partial charge in [0.1, 0.15) is 6.29 Å². The Hall–Kier alpha value is -2.92. The summed E-state index contributed by atoms with van der Waals surface area (Å²) in [6, 6.07) is 15.8. The Balaban J connectivity index is 1.67. The van der Waals surface area contributed by atoms with Gasteiger partial charge in [0.05, 0.1) is 17.7 Å². The van der Waals surface area contributed by atoms with Crippen LogP contribution in [0, 0.1) is 0 Å². The Kier molecular flexibility index (Phi) is 4.77. The average molecular weight is 361 g/mol. The molecule has 1 aromatic heterocycles. The van der Waals surface area contributed by atoms with Crippen molar-refractivity contribution in [2.24, 2.45) is 0 Å². The number of carbonyl (C=O) groups is 1. The maximum absolute atomic E-state index is 10.8. The fourth-order valence-electron chi connectivity index (χ4n) is 3.63. The van der Waals surface area contributed by atoms with E-state index in [1.54, 1.807) is 12.1 Å². The zero-order chi connectivity index (χ0) is 18.8. The standard InChI is InChI=1S/C22H23N3O2/c1-15-12-25(13-16(2)27-15)19-7-8-21-20(11-19)22(9-10-23-21)24-18-5-3-17(14-26)4-6-18/h3-11,14-16H,12-13H2,1-2H3,(H,23,24).